The van der Waals surface area contributed by atoms with Crippen LogP contribution in [0.5, 0.6) is 5.75 Å². The van der Waals surface area contributed by atoms with Gasteiger partial charge in [0.15, 0.2) is 0 Å². The first kappa shape index (κ1) is 24.6. The molecule has 33 heavy (non-hydrogen) atoms. The number of halogens is 6. The third-order valence-corrected chi connectivity index (χ3v) is 5.34. The van der Waals surface area contributed by atoms with Crippen LogP contribution in [0.3, 0.4) is 0 Å². The van der Waals surface area contributed by atoms with Crippen LogP contribution in [-0.4, -0.2) is 54.1 Å². The highest BCUT2D eigenvalue weighted by atomic mass is 19.4. The van der Waals surface area contributed by atoms with E-state index in [0.29, 0.717) is 18.6 Å². The van der Waals surface area contributed by atoms with E-state index in [-0.39, 0.29) is 42.4 Å². The third-order valence-electron chi connectivity index (χ3n) is 5.34. The van der Waals surface area contributed by atoms with Crippen molar-refractivity contribution in [1.29, 1.82) is 0 Å². The van der Waals surface area contributed by atoms with Gasteiger partial charge in [-0.3, -0.25) is 14.7 Å². The van der Waals surface area contributed by atoms with E-state index in [0.717, 1.165) is 11.0 Å². The topological polar surface area (TPSA) is 71.9 Å². The van der Waals surface area contributed by atoms with Gasteiger partial charge in [-0.15, -0.1) is 4.91 Å². The summed E-state index contributed by atoms with van der Waals surface area (Å²) in [7, 11) is 0. The number of pyridine rings is 1. The Hall–Kier alpha value is -3.02. The monoisotopic (exact) mass is 475 g/mol. The van der Waals surface area contributed by atoms with E-state index in [1.54, 1.807) is 6.07 Å². The SMILES string of the molecule is O=NC(=O)c1ccc(-c2ccc(OCC3CCN(CC(F)(F)C(F)(F)F)CC3)cn2)c(F)c1. The number of amides is 1. The zero-order valence-electron chi connectivity index (χ0n) is 17.1. The average molecular weight is 475 g/mol. The number of alkyl halides is 5. The summed E-state index contributed by atoms with van der Waals surface area (Å²) in [4.78, 5) is 26.7. The lowest BCUT2D eigenvalue weighted by atomic mass is 9.97. The van der Waals surface area contributed by atoms with Crippen molar-refractivity contribution in [3.8, 4) is 17.0 Å². The second-order valence-electron chi connectivity index (χ2n) is 7.70. The van der Waals surface area contributed by atoms with Crippen LogP contribution in [0.15, 0.2) is 41.7 Å². The second kappa shape index (κ2) is 9.86. The summed E-state index contributed by atoms with van der Waals surface area (Å²) in [5, 5.41) is 2.23. The number of carbonyl (C=O) groups is 1. The number of ether oxygens (including phenoxy) is 1. The molecule has 2 aromatic rings. The van der Waals surface area contributed by atoms with Gasteiger partial charge >= 0.3 is 18.0 Å². The summed E-state index contributed by atoms with van der Waals surface area (Å²) in [5.41, 5.74) is 0.184. The highest BCUT2D eigenvalue weighted by Crippen LogP contribution is 2.36. The fraction of sp³-hybridized carbons (Fsp3) is 0.429. The fourth-order valence-electron chi connectivity index (χ4n) is 3.43. The Kier molecular flexibility index (Phi) is 7.35. The number of aromatic nitrogens is 1. The summed E-state index contributed by atoms with van der Waals surface area (Å²) in [6.07, 6.45) is -3.39. The number of rotatable bonds is 7. The van der Waals surface area contributed by atoms with Gasteiger partial charge < -0.3 is 4.74 Å². The molecule has 0 radical (unpaired) electrons. The number of hydrogen-bond acceptors (Lipinski definition) is 5. The molecule has 6 nitrogen and oxygen atoms in total. The number of nitroso groups, excluding NO2 is 1. The molecule has 0 atom stereocenters. The molecule has 2 heterocycles. The second-order valence-corrected chi connectivity index (χ2v) is 7.70. The first-order valence-corrected chi connectivity index (χ1v) is 9.93. The molecule has 1 amide bonds. The standard InChI is InChI=1S/C21H19F6N3O3/c22-17-9-14(19(31)29-32)1-3-16(17)18-4-2-15(10-28-18)33-11-13-5-7-30(8-6-13)12-20(23,24)21(25,26)27/h1-4,9-10,13H,5-8,11-12H2. The smallest absolute Gasteiger partial charge is 0.454 e. The molecule has 0 unspecified atom stereocenters. The predicted molar refractivity (Wildman–Crippen MR) is 105 cm³/mol. The van der Waals surface area contributed by atoms with E-state index >= 15 is 0 Å². The molecule has 1 aromatic heterocycles. The maximum Gasteiger partial charge on any atom is 0.454 e. The molecule has 1 aliphatic heterocycles. The summed E-state index contributed by atoms with van der Waals surface area (Å²) >= 11 is 0. The van der Waals surface area contributed by atoms with Crippen LogP contribution in [0.1, 0.15) is 23.2 Å². The lowest BCUT2D eigenvalue weighted by Gasteiger charge is -2.34. The van der Waals surface area contributed by atoms with Crippen LogP contribution < -0.4 is 4.74 Å². The molecule has 3 rings (SSSR count). The van der Waals surface area contributed by atoms with Crippen molar-refractivity contribution in [2.45, 2.75) is 24.9 Å². The lowest BCUT2D eigenvalue weighted by molar-refractivity contribution is -0.287. The molecule has 0 aliphatic carbocycles. The van der Waals surface area contributed by atoms with Gasteiger partial charge in [0, 0.05) is 16.3 Å². The van der Waals surface area contributed by atoms with Gasteiger partial charge in [0.1, 0.15) is 11.6 Å². The first-order valence-electron chi connectivity index (χ1n) is 9.93. The number of piperidine rings is 1. The van der Waals surface area contributed by atoms with E-state index in [1.165, 1.54) is 24.4 Å². The van der Waals surface area contributed by atoms with Crippen molar-refractivity contribution < 1.29 is 35.9 Å². The minimum atomic E-state index is -5.57. The normalized spacial score (nSPS) is 15.9. The van der Waals surface area contributed by atoms with Gasteiger partial charge in [0.2, 0.25) is 0 Å². The largest absolute Gasteiger partial charge is 0.492 e. The third kappa shape index (κ3) is 6.06. The van der Waals surface area contributed by atoms with E-state index in [1.807, 2.05) is 0 Å². The zero-order chi connectivity index (χ0) is 24.2. The van der Waals surface area contributed by atoms with Crippen LogP contribution in [0, 0.1) is 16.6 Å². The van der Waals surface area contributed by atoms with Gasteiger partial charge in [-0.05, 0) is 62.2 Å². The molecular weight excluding hydrogens is 456 g/mol. The van der Waals surface area contributed by atoms with Crippen molar-refractivity contribution in [2.24, 2.45) is 11.1 Å². The lowest BCUT2D eigenvalue weighted by Crippen LogP contribution is -2.49. The zero-order valence-corrected chi connectivity index (χ0v) is 17.1. The van der Waals surface area contributed by atoms with Crippen LogP contribution in [0.4, 0.5) is 26.3 Å². The Morgan fingerprint density at radius 3 is 2.36 bits per heavy atom. The highest BCUT2D eigenvalue weighted by Gasteiger charge is 2.58. The van der Waals surface area contributed by atoms with Gasteiger partial charge in [-0.25, -0.2) is 4.39 Å². The number of hydrogen-bond donors (Lipinski definition) is 0. The Morgan fingerprint density at radius 2 is 1.82 bits per heavy atom. The molecular formula is C21H19F6N3O3. The molecule has 0 N–H and O–H groups in total. The minimum absolute atomic E-state index is 0.0191. The fourth-order valence-corrected chi connectivity index (χ4v) is 3.43. The van der Waals surface area contributed by atoms with Crippen LogP contribution in [0.25, 0.3) is 11.3 Å². The molecule has 12 heteroatoms. The van der Waals surface area contributed by atoms with Crippen molar-refractivity contribution >= 4 is 5.91 Å². The average Bonchev–Trinajstić information content (AvgIpc) is 2.77. The highest BCUT2D eigenvalue weighted by molar-refractivity contribution is 5.95. The van der Waals surface area contributed by atoms with Crippen LogP contribution in [-0.2, 0) is 0 Å². The Morgan fingerprint density at radius 1 is 1.12 bits per heavy atom. The van der Waals surface area contributed by atoms with Gasteiger partial charge in [0.25, 0.3) is 0 Å². The number of benzene rings is 1. The van der Waals surface area contributed by atoms with Crippen molar-refractivity contribution in [2.75, 3.05) is 26.2 Å². The Bertz CT molecular complexity index is 990. The summed E-state index contributed by atoms with van der Waals surface area (Å²) in [6.45, 7) is -0.913. The number of nitrogens with zero attached hydrogens (tertiary/aromatic N) is 3. The van der Waals surface area contributed by atoms with Crippen molar-refractivity contribution in [3.05, 3.63) is 52.8 Å². The first-order chi connectivity index (χ1) is 15.5. The molecule has 0 saturated carbocycles. The van der Waals surface area contributed by atoms with E-state index in [2.05, 4.69) is 10.2 Å². The molecule has 178 valence electrons. The van der Waals surface area contributed by atoms with Gasteiger partial charge in [-0.2, -0.15) is 22.0 Å². The summed E-state index contributed by atoms with van der Waals surface area (Å²) < 4.78 is 83.3. The van der Waals surface area contributed by atoms with Crippen LogP contribution in [0.2, 0.25) is 0 Å². The molecule has 0 spiro atoms. The van der Waals surface area contributed by atoms with E-state index < -0.39 is 30.4 Å². The predicted octanol–water partition coefficient (Wildman–Crippen LogP) is 5.08. The summed E-state index contributed by atoms with van der Waals surface area (Å²) in [6, 6.07) is 6.49. The van der Waals surface area contributed by atoms with Crippen LogP contribution >= 0.6 is 0 Å². The van der Waals surface area contributed by atoms with E-state index in [9.17, 15) is 36.0 Å². The minimum Gasteiger partial charge on any atom is -0.492 e. The van der Waals surface area contributed by atoms with Crippen molar-refractivity contribution in [1.82, 2.24) is 9.88 Å². The molecule has 1 fully saturated rings. The number of carbonyl (C=O) groups excluding carboxylic acids is 1. The van der Waals surface area contributed by atoms with Gasteiger partial charge in [-0.1, -0.05) is 0 Å². The molecule has 1 aliphatic rings. The Balaban J connectivity index is 1.51. The maximum atomic E-state index is 14.2. The molecule has 0 bridgehead atoms. The quantitative estimate of drug-likeness (QED) is 0.413. The molecule has 1 aromatic carbocycles. The number of likely N-dealkylation sites (tertiary alicyclic amines) is 1. The maximum absolute atomic E-state index is 14.2. The molecule has 1 saturated heterocycles. The Labute approximate surface area is 184 Å². The van der Waals surface area contributed by atoms with Crippen molar-refractivity contribution in [3.63, 3.8) is 0 Å². The van der Waals surface area contributed by atoms with E-state index in [4.69, 9.17) is 4.74 Å². The van der Waals surface area contributed by atoms with Gasteiger partial charge in [0.05, 0.1) is 25.0 Å². The summed E-state index contributed by atoms with van der Waals surface area (Å²) in [5.74, 6) is -6.23.